The van der Waals surface area contributed by atoms with Crippen molar-refractivity contribution in [1.82, 2.24) is 9.29 Å². The number of aromatic amines is 1. The Morgan fingerprint density at radius 2 is 2.03 bits per heavy atom. The van der Waals surface area contributed by atoms with Crippen molar-refractivity contribution in [2.45, 2.75) is 18.8 Å². The number of H-pyrrole nitrogens is 1. The van der Waals surface area contributed by atoms with Crippen LogP contribution in [0.2, 0.25) is 0 Å². The number of halogens is 1. The Labute approximate surface area is 178 Å². The molecule has 1 aliphatic rings. The van der Waals surface area contributed by atoms with Crippen LogP contribution in [0.15, 0.2) is 35.2 Å². The fraction of sp³-hybridized carbons (Fsp3) is 0.350. The van der Waals surface area contributed by atoms with Gasteiger partial charge in [0.15, 0.2) is 0 Å². The summed E-state index contributed by atoms with van der Waals surface area (Å²) in [5.74, 6) is -0.184. The molecule has 6 nitrogen and oxygen atoms in total. The fourth-order valence-corrected chi connectivity index (χ4v) is 6.52. The summed E-state index contributed by atoms with van der Waals surface area (Å²) in [5, 5.41) is 5.02. The van der Waals surface area contributed by atoms with Crippen LogP contribution < -0.4 is 5.73 Å². The lowest BCUT2D eigenvalue weighted by molar-refractivity contribution is 0.100. The van der Waals surface area contributed by atoms with Gasteiger partial charge < -0.3 is 10.7 Å². The van der Waals surface area contributed by atoms with E-state index in [2.05, 4.69) is 11.1 Å². The minimum absolute atomic E-state index is 0.0295. The SMILES string of the molecule is NC(=O)c1cc(-c2ccsc2)cc2c(C3CCN(S(=O)(=O)CCCl)CC3)c[nH]c12. The minimum atomic E-state index is -3.29. The number of primary amides is 1. The summed E-state index contributed by atoms with van der Waals surface area (Å²) in [4.78, 5) is 15.3. The number of thiophene rings is 1. The third kappa shape index (κ3) is 3.94. The van der Waals surface area contributed by atoms with E-state index in [0.29, 0.717) is 18.7 Å². The molecule has 3 N–H and O–H groups in total. The molecule has 3 heterocycles. The van der Waals surface area contributed by atoms with Crippen LogP contribution in [0.5, 0.6) is 0 Å². The van der Waals surface area contributed by atoms with Gasteiger partial charge in [-0.3, -0.25) is 4.79 Å². The molecule has 1 fully saturated rings. The summed E-state index contributed by atoms with van der Waals surface area (Å²) in [6, 6.07) is 5.93. The quantitative estimate of drug-likeness (QED) is 0.558. The molecule has 0 unspecified atom stereocenters. The third-order valence-electron chi connectivity index (χ3n) is 5.56. The first kappa shape index (κ1) is 20.4. The highest BCUT2D eigenvalue weighted by atomic mass is 35.5. The summed E-state index contributed by atoms with van der Waals surface area (Å²) in [7, 11) is -3.29. The van der Waals surface area contributed by atoms with Gasteiger partial charge in [-0.2, -0.15) is 11.3 Å². The number of nitrogens with zero attached hydrogens (tertiary/aromatic N) is 1. The van der Waals surface area contributed by atoms with Crippen LogP contribution in [0.4, 0.5) is 0 Å². The van der Waals surface area contributed by atoms with Crippen LogP contribution in [-0.4, -0.2) is 48.3 Å². The Morgan fingerprint density at radius 3 is 2.66 bits per heavy atom. The van der Waals surface area contributed by atoms with Crippen molar-refractivity contribution >= 4 is 49.8 Å². The Morgan fingerprint density at radius 1 is 1.28 bits per heavy atom. The highest BCUT2D eigenvalue weighted by Gasteiger charge is 2.29. The molecule has 0 saturated carbocycles. The van der Waals surface area contributed by atoms with E-state index in [9.17, 15) is 13.2 Å². The summed E-state index contributed by atoms with van der Waals surface area (Å²) in [6.07, 6.45) is 3.38. The van der Waals surface area contributed by atoms with Crippen LogP contribution in [0, 0.1) is 0 Å². The fourth-order valence-electron chi connectivity index (χ4n) is 4.05. The lowest BCUT2D eigenvalue weighted by Crippen LogP contribution is -2.39. The molecule has 9 heteroatoms. The zero-order valence-electron chi connectivity index (χ0n) is 15.7. The van der Waals surface area contributed by atoms with Crippen molar-refractivity contribution in [3.63, 3.8) is 0 Å². The van der Waals surface area contributed by atoms with Crippen molar-refractivity contribution in [1.29, 1.82) is 0 Å². The van der Waals surface area contributed by atoms with Gasteiger partial charge in [0.2, 0.25) is 10.0 Å². The van der Waals surface area contributed by atoms with E-state index in [0.717, 1.165) is 40.4 Å². The smallest absolute Gasteiger partial charge is 0.250 e. The molecule has 0 radical (unpaired) electrons. The zero-order valence-corrected chi connectivity index (χ0v) is 18.1. The summed E-state index contributed by atoms with van der Waals surface area (Å²) >= 11 is 7.23. The van der Waals surface area contributed by atoms with Crippen molar-refractivity contribution < 1.29 is 13.2 Å². The summed E-state index contributed by atoms with van der Waals surface area (Å²) in [6.45, 7) is 0.951. The minimum Gasteiger partial charge on any atom is -0.366 e. The number of carbonyl (C=O) groups excluding carboxylic acids is 1. The van der Waals surface area contributed by atoms with Crippen LogP contribution in [0.3, 0.4) is 0 Å². The van der Waals surface area contributed by atoms with E-state index in [1.165, 1.54) is 4.31 Å². The van der Waals surface area contributed by atoms with Crippen LogP contribution in [-0.2, 0) is 10.0 Å². The van der Waals surface area contributed by atoms with Gasteiger partial charge in [-0.1, -0.05) is 0 Å². The lowest BCUT2D eigenvalue weighted by Gasteiger charge is -2.31. The number of alkyl halides is 1. The molecule has 3 aromatic rings. The number of aromatic nitrogens is 1. The number of hydrogen-bond acceptors (Lipinski definition) is 4. The number of rotatable bonds is 6. The van der Waals surface area contributed by atoms with Gasteiger partial charge in [0.1, 0.15) is 0 Å². The first-order valence-corrected chi connectivity index (χ1v) is 12.5. The Balaban J connectivity index is 1.68. The molecule has 4 rings (SSSR count). The second-order valence-electron chi connectivity index (χ2n) is 7.24. The standard InChI is InChI=1S/C20H22ClN3O3S2/c21-4-8-29(26,27)24-5-1-13(2-6-24)18-11-23-19-16(18)9-15(10-17(19)20(22)25)14-3-7-28-12-14/h3,7,9-13,23H,1-2,4-6,8H2,(H2,22,25). The van der Waals surface area contributed by atoms with Crippen LogP contribution in [0.25, 0.3) is 22.0 Å². The van der Waals surface area contributed by atoms with E-state index in [1.807, 2.05) is 29.1 Å². The predicted molar refractivity (Wildman–Crippen MR) is 118 cm³/mol. The number of fused-ring (bicyclic) bond motifs is 1. The monoisotopic (exact) mass is 451 g/mol. The van der Waals surface area contributed by atoms with Crippen LogP contribution in [0.1, 0.15) is 34.7 Å². The molecule has 1 aliphatic heterocycles. The largest absolute Gasteiger partial charge is 0.366 e. The average molecular weight is 452 g/mol. The normalized spacial score (nSPS) is 16.4. The van der Waals surface area contributed by atoms with Gasteiger partial charge in [0.25, 0.3) is 5.91 Å². The number of sulfonamides is 1. The van der Waals surface area contributed by atoms with Gasteiger partial charge in [0.05, 0.1) is 16.8 Å². The number of carbonyl (C=O) groups is 1. The molecule has 0 aliphatic carbocycles. The lowest BCUT2D eigenvalue weighted by atomic mass is 9.88. The number of nitrogens with two attached hydrogens (primary N) is 1. The van der Waals surface area contributed by atoms with Gasteiger partial charge in [0, 0.05) is 30.6 Å². The number of piperidine rings is 1. The maximum Gasteiger partial charge on any atom is 0.250 e. The molecule has 0 bridgehead atoms. The van der Waals surface area contributed by atoms with Gasteiger partial charge in [-0.05, 0) is 64.4 Å². The number of hydrogen-bond donors (Lipinski definition) is 2. The summed E-state index contributed by atoms with van der Waals surface area (Å²) in [5.41, 5.74) is 9.96. The molecule has 0 spiro atoms. The number of nitrogens with one attached hydrogen (secondary N) is 1. The average Bonchev–Trinajstić information content (AvgIpc) is 3.37. The Hall–Kier alpha value is -1.87. The van der Waals surface area contributed by atoms with E-state index in [-0.39, 0.29) is 17.6 Å². The van der Waals surface area contributed by atoms with E-state index in [4.69, 9.17) is 17.3 Å². The van der Waals surface area contributed by atoms with Crippen molar-refractivity contribution in [2.24, 2.45) is 5.73 Å². The number of amides is 1. The highest BCUT2D eigenvalue weighted by molar-refractivity contribution is 7.89. The summed E-state index contributed by atoms with van der Waals surface area (Å²) < 4.78 is 26.1. The third-order valence-corrected chi connectivity index (χ3v) is 8.53. The second-order valence-corrected chi connectivity index (χ2v) is 10.5. The topological polar surface area (TPSA) is 96.3 Å². The Bertz CT molecular complexity index is 1130. The predicted octanol–water partition coefficient (Wildman–Crippen LogP) is 3.74. The highest BCUT2D eigenvalue weighted by Crippen LogP contribution is 2.37. The van der Waals surface area contributed by atoms with E-state index >= 15 is 0 Å². The van der Waals surface area contributed by atoms with Gasteiger partial charge in [-0.25, -0.2) is 12.7 Å². The van der Waals surface area contributed by atoms with Crippen molar-refractivity contribution in [3.05, 3.63) is 46.3 Å². The molecule has 0 atom stereocenters. The molecular formula is C20H22ClN3O3S2. The zero-order chi connectivity index (χ0) is 20.6. The maximum atomic E-state index is 12.3. The molecule has 1 aromatic carbocycles. The maximum absolute atomic E-state index is 12.3. The molecule has 1 amide bonds. The molecule has 154 valence electrons. The molecule has 29 heavy (non-hydrogen) atoms. The van der Waals surface area contributed by atoms with Gasteiger partial charge in [-0.15, -0.1) is 11.6 Å². The van der Waals surface area contributed by atoms with E-state index < -0.39 is 15.9 Å². The Kier molecular flexibility index (Phi) is 5.70. The second kappa shape index (κ2) is 8.10. The van der Waals surface area contributed by atoms with Crippen molar-refractivity contribution in [2.75, 3.05) is 24.7 Å². The van der Waals surface area contributed by atoms with Crippen LogP contribution >= 0.6 is 22.9 Å². The molecule has 2 aromatic heterocycles. The van der Waals surface area contributed by atoms with Gasteiger partial charge >= 0.3 is 0 Å². The van der Waals surface area contributed by atoms with Crippen molar-refractivity contribution in [3.8, 4) is 11.1 Å². The number of benzene rings is 1. The first-order chi connectivity index (χ1) is 13.9. The first-order valence-electron chi connectivity index (χ1n) is 9.42. The molecular weight excluding hydrogens is 430 g/mol. The molecule has 1 saturated heterocycles. The van der Waals surface area contributed by atoms with E-state index in [1.54, 1.807) is 11.3 Å².